The van der Waals surface area contributed by atoms with Gasteiger partial charge >= 0.3 is 5.97 Å². The van der Waals surface area contributed by atoms with Gasteiger partial charge in [-0.15, -0.1) is 0 Å². The molecule has 1 atom stereocenters. The third kappa shape index (κ3) is 2.64. The van der Waals surface area contributed by atoms with Gasteiger partial charge in [0.1, 0.15) is 5.75 Å². The zero-order valence-corrected chi connectivity index (χ0v) is 11.3. The van der Waals surface area contributed by atoms with Crippen molar-refractivity contribution in [3.05, 3.63) is 28.3 Å². The van der Waals surface area contributed by atoms with E-state index in [0.717, 1.165) is 28.0 Å². The molecule has 0 aliphatic heterocycles. The highest BCUT2D eigenvalue weighted by atomic mass is 16.5. The molecular weight excluding hydrogens is 232 g/mol. The first-order chi connectivity index (χ1) is 8.43. The van der Waals surface area contributed by atoms with Crippen molar-refractivity contribution in [1.29, 1.82) is 0 Å². The molecule has 0 saturated heterocycles. The topological polar surface area (TPSA) is 66.8 Å². The Hall–Kier alpha value is -1.55. The number of carbonyl (C=O) groups is 1. The maximum atomic E-state index is 11.3. The molecule has 1 rings (SSSR count). The average molecular weight is 252 g/mol. The standard InChI is InChI=1S/C14H20O4/c1-8-7-12(18-4)9(2)10(3)13(8)11(5-6-15)14(16)17/h7,11,15H,5-6H2,1-4H3,(H,16,17). The van der Waals surface area contributed by atoms with Crippen LogP contribution in [0.2, 0.25) is 0 Å². The summed E-state index contributed by atoms with van der Waals surface area (Å²) in [6, 6.07) is 1.85. The van der Waals surface area contributed by atoms with E-state index in [1.807, 2.05) is 26.8 Å². The lowest BCUT2D eigenvalue weighted by molar-refractivity contribution is -0.139. The molecule has 4 heteroatoms. The van der Waals surface area contributed by atoms with Gasteiger partial charge in [-0.05, 0) is 55.5 Å². The molecule has 0 spiro atoms. The minimum Gasteiger partial charge on any atom is -0.496 e. The van der Waals surface area contributed by atoms with Gasteiger partial charge in [0.05, 0.1) is 13.0 Å². The normalized spacial score (nSPS) is 12.3. The summed E-state index contributed by atoms with van der Waals surface area (Å²) in [5, 5.41) is 18.3. The third-order valence-corrected chi connectivity index (χ3v) is 3.39. The van der Waals surface area contributed by atoms with Crippen molar-refractivity contribution in [2.75, 3.05) is 13.7 Å². The number of benzene rings is 1. The van der Waals surface area contributed by atoms with Crippen LogP contribution in [-0.4, -0.2) is 29.9 Å². The van der Waals surface area contributed by atoms with Gasteiger partial charge in [0.15, 0.2) is 0 Å². The molecule has 0 amide bonds. The summed E-state index contributed by atoms with van der Waals surface area (Å²) in [5.41, 5.74) is 3.54. The Morgan fingerprint density at radius 1 is 1.33 bits per heavy atom. The number of ether oxygens (including phenoxy) is 1. The van der Waals surface area contributed by atoms with Crippen LogP contribution in [0, 0.1) is 20.8 Å². The van der Waals surface area contributed by atoms with Crippen LogP contribution in [0.5, 0.6) is 5.75 Å². The van der Waals surface area contributed by atoms with Gasteiger partial charge in [-0.3, -0.25) is 4.79 Å². The molecule has 1 aromatic rings. The molecule has 0 aliphatic carbocycles. The first-order valence-electron chi connectivity index (χ1n) is 5.92. The quantitative estimate of drug-likeness (QED) is 0.842. The van der Waals surface area contributed by atoms with E-state index >= 15 is 0 Å². The Balaban J connectivity index is 3.39. The summed E-state index contributed by atoms with van der Waals surface area (Å²) in [6.45, 7) is 5.54. The van der Waals surface area contributed by atoms with Crippen LogP contribution in [0.3, 0.4) is 0 Å². The molecule has 0 aromatic heterocycles. The predicted octanol–water partition coefficient (Wildman–Crippen LogP) is 2.17. The highest BCUT2D eigenvalue weighted by molar-refractivity contribution is 5.77. The Morgan fingerprint density at radius 3 is 2.39 bits per heavy atom. The van der Waals surface area contributed by atoms with Crippen LogP contribution in [0.15, 0.2) is 6.07 Å². The first kappa shape index (κ1) is 14.5. The lowest BCUT2D eigenvalue weighted by atomic mass is 9.86. The van der Waals surface area contributed by atoms with Gasteiger partial charge in [0.25, 0.3) is 0 Å². The van der Waals surface area contributed by atoms with Crippen molar-refractivity contribution in [2.24, 2.45) is 0 Å². The molecule has 18 heavy (non-hydrogen) atoms. The van der Waals surface area contributed by atoms with E-state index in [1.54, 1.807) is 7.11 Å². The summed E-state index contributed by atoms with van der Waals surface area (Å²) >= 11 is 0. The van der Waals surface area contributed by atoms with Crippen LogP contribution in [0.1, 0.15) is 34.6 Å². The Bertz CT molecular complexity index is 452. The largest absolute Gasteiger partial charge is 0.496 e. The minimum atomic E-state index is -0.903. The maximum Gasteiger partial charge on any atom is 0.311 e. The van der Waals surface area contributed by atoms with Crippen molar-refractivity contribution >= 4 is 5.97 Å². The Kier molecular flexibility index (Phi) is 4.73. The molecule has 0 heterocycles. The van der Waals surface area contributed by atoms with Crippen LogP contribution in [0.25, 0.3) is 0 Å². The zero-order chi connectivity index (χ0) is 13.9. The van der Waals surface area contributed by atoms with Gasteiger partial charge in [-0.1, -0.05) is 0 Å². The SMILES string of the molecule is COc1cc(C)c(C(CCO)C(=O)O)c(C)c1C. The number of hydrogen-bond donors (Lipinski definition) is 2. The molecule has 0 radical (unpaired) electrons. The van der Waals surface area contributed by atoms with Crippen LogP contribution in [-0.2, 0) is 4.79 Å². The summed E-state index contributed by atoms with van der Waals surface area (Å²) in [7, 11) is 1.60. The van der Waals surface area contributed by atoms with Gasteiger partial charge in [-0.2, -0.15) is 0 Å². The number of aliphatic hydroxyl groups excluding tert-OH is 1. The molecule has 1 aromatic carbocycles. The second-order valence-corrected chi connectivity index (χ2v) is 4.46. The number of aliphatic carboxylic acids is 1. The smallest absolute Gasteiger partial charge is 0.311 e. The summed E-state index contributed by atoms with van der Waals surface area (Å²) in [6.07, 6.45) is 0.225. The maximum absolute atomic E-state index is 11.3. The zero-order valence-electron chi connectivity index (χ0n) is 11.3. The number of methoxy groups -OCH3 is 1. The Morgan fingerprint density at radius 2 is 1.94 bits per heavy atom. The van der Waals surface area contributed by atoms with Gasteiger partial charge in [0, 0.05) is 6.61 Å². The molecule has 0 bridgehead atoms. The first-order valence-corrected chi connectivity index (χ1v) is 5.92. The molecule has 1 unspecified atom stereocenters. The van der Waals surface area contributed by atoms with Crippen molar-refractivity contribution in [3.8, 4) is 5.75 Å². The number of rotatable bonds is 5. The molecule has 0 aliphatic rings. The number of carboxylic acids is 1. The van der Waals surface area contributed by atoms with Crippen molar-refractivity contribution in [1.82, 2.24) is 0 Å². The van der Waals surface area contributed by atoms with Gasteiger partial charge in [-0.25, -0.2) is 0 Å². The monoisotopic (exact) mass is 252 g/mol. The second kappa shape index (κ2) is 5.87. The lowest BCUT2D eigenvalue weighted by Gasteiger charge is -2.20. The summed E-state index contributed by atoms with van der Waals surface area (Å²) < 4.78 is 5.27. The van der Waals surface area contributed by atoms with Crippen molar-refractivity contribution in [2.45, 2.75) is 33.1 Å². The second-order valence-electron chi connectivity index (χ2n) is 4.46. The summed E-state index contributed by atoms with van der Waals surface area (Å²) in [4.78, 5) is 11.3. The van der Waals surface area contributed by atoms with E-state index in [0.29, 0.717) is 0 Å². The number of aryl methyl sites for hydroxylation is 1. The van der Waals surface area contributed by atoms with E-state index in [9.17, 15) is 9.90 Å². The Labute approximate surface area is 107 Å². The molecule has 0 fully saturated rings. The van der Waals surface area contributed by atoms with Crippen LogP contribution < -0.4 is 4.74 Å². The molecular formula is C14H20O4. The van der Waals surface area contributed by atoms with Crippen LogP contribution in [0.4, 0.5) is 0 Å². The molecule has 4 nitrogen and oxygen atoms in total. The fourth-order valence-electron chi connectivity index (χ4n) is 2.33. The lowest BCUT2D eigenvalue weighted by Crippen LogP contribution is -2.16. The predicted molar refractivity (Wildman–Crippen MR) is 69.3 cm³/mol. The van der Waals surface area contributed by atoms with E-state index in [2.05, 4.69) is 0 Å². The van der Waals surface area contributed by atoms with E-state index in [4.69, 9.17) is 9.84 Å². The molecule has 100 valence electrons. The van der Waals surface area contributed by atoms with Crippen molar-refractivity contribution in [3.63, 3.8) is 0 Å². The highest BCUT2D eigenvalue weighted by Crippen LogP contribution is 2.33. The van der Waals surface area contributed by atoms with E-state index in [1.165, 1.54) is 0 Å². The highest BCUT2D eigenvalue weighted by Gasteiger charge is 2.24. The average Bonchev–Trinajstić information content (AvgIpc) is 2.32. The van der Waals surface area contributed by atoms with Gasteiger partial charge in [0.2, 0.25) is 0 Å². The number of hydrogen-bond acceptors (Lipinski definition) is 3. The summed E-state index contributed by atoms with van der Waals surface area (Å²) in [5.74, 6) is -0.804. The van der Waals surface area contributed by atoms with Gasteiger partial charge < -0.3 is 14.9 Å². The number of aliphatic hydroxyl groups is 1. The minimum absolute atomic E-state index is 0.138. The molecule has 0 saturated carbocycles. The van der Waals surface area contributed by atoms with E-state index < -0.39 is 11.9 Å². The fraction of sp³-hybridized carbons (Fsp3) is 0.500. The fourth-order valence-corrected chi connectivity index (χ4v) is 2.33. The van der Waals surface area contributed by atoms with E-state index in [-0.39, 0.29) is 13.0 Å². The molecule has 2 N–H and O–H groups in total. The van der Waals surface area contributed by atoms with Crippen LogP contribution >= 0.6 is 0 Å². The number of carboxylic acid groups (broad SMARTS) is 1. The van der Waals surface area contributed by atoms with Crippen molar-refractivity contribution < 1.29 is 19.7 Å². The third-order valence-electron chi connectivity index (χ3n) is 3.39.